The summed E-state index contributed by atoms with van der Waals surface area (Å²) >= 11 is 5.89. The maximum Gasteiger partial charge on any atom is 0.350 e. The van der Waals surface area contributed by atoms with Crippen molar-refractivity contribution in [3.8, 4) is 0 Å². The van der Waals surface area contributed by atoms with Crippen molar-refractivity contribution in [2.45, 2.75) is 12.1 Å². The van der Waals surface area contributed by atoms with Gasteiger partial charge in [0.05, 0.1) is 5.69 Å². The molecule has 0 bridgehead atoms. The van der Waals surface area contributed by atoms with Crippen molar-refractivity contribution in [1.29, 1.82) is 0 Å². The minimum atomic E-state index is -3.14. The van der Waals surface area contributed by atoms with Gasteiger partial charge in [-0.05, 0) is 35.9 Å². The second-order valence-electron chi connectivity index (χ2n) is 5.73. The number of nitrogen functional groups attached to an aromatic ring is 1. The van der Waals surface area contributed by atoms with Crippen LogP contribution in [0.25, 0.3) is 10.9 Å². The van der Waals surface area contributed by atoms with Crippen molar-refractivity contribution in [1.82, 2.24) is 4.98 Å². The van der Waals surface area contributed by atoms with Crippen molar-refractivity contribution in [2.24, 2.45) is 0 Å². The number of para-hydroxylation sites is 1. The Hall–Kier alpha value is -2.86. The van der Waals surface area contributed by atoms with Crippen LogP contribution in [-0.4, -0.2) is 27.5 Å². The Morgan fingerprint density at radius 2 is 1.92 bits per heavy atom. The number of alkyl halides is 1. The lowest BCUT2D eigenvalue weighted by Gasteiger charge is -2.19. The van der Waals surface area contributed by atoms with Crippen molar-refractivity contribution < 1.29 is 19.1 Å². The number of fused-ring (bicyclic) bond motifs is 1. The van der Waals surface area contributed by atoms with Crippen LogP contribution >= 0.6 is 11.6 Å². The van der Waals surface area contributed by atoms with Gasteiger partial charge in [0, 0.05) is 28.0 Å². The molecule has 1 atom stereocenters. The topological polar surface area (TPSA) is 96.2 Å². The molecule has 0 saturated carbocycles. The van der Waals surface area contributed by atoms with Gasteiger partial charge in [-0.25, -0.2) is 9.18 Å². The van der Waals surface area contributed by atoms with E-state index in [0.29, 0.717) is 15.9 Å². The first-order valence-corrected chi connectivity index (χ1v) is 7.78. The number of H-pyrrole nitrogens is 1. The van der Waals surface area contributed by atoms with Gasteiger partial charge in [-0.15, -0.1) is 0 Å². The predicted molar refractivity (Wildman–Crippen MR) is 93.7 cm³/mol. The van der Waals surface area contributed by atoms with Crippen LogP contribution in [0.4, 0.5) is 10.1 Å². The number of carboxylic acid groups (broad SMARTS) is 1. The molecule has 0 fully saturated rings. The van der Waals surface area contributed by atoms with Gasteiger partial charge in [-0.1, -0.05) is 29.8 Å². The van der Waals surface area contributed by atoms with Crippen LogP contribution < -0.4 is 5.73 Å². The SMILES string of the molecule is Nc1ccccc1CC(F)(C(=O)O)C(=O)c1cc2cc(Cl)ccc2[nH]1. The average Bonchev–Trinajstić information content (AvgIpc) is 2.98. The van der Waals surface area contributed by atoms with Gasteiger partial charge in [0.15, 0.2) is 0 Å². The largest absolute Gasteiger partial charge is 0.479 e. The van der Waals surface area contributed by atoms with E-state index in [2.05, 4.69) is 4.98 Å². The molecule has 5 nitrogen and oxygen atoms in total. The fourth-order valence-electron chi connectivity index (χ4n) is 2.65. The van der Waals surface area contributed by atoms with E-state index in [0.717, 1.165) is 0 Å². The summed E-state index contributed by atoms with van der Waals surface area (Å²) in [5.41, 5.74) is 3.50. The molecule has 0 amide bonds. The number of benzene rings is 2. The summed E-state index contributed by atoms with van der Waals surface area (Å²) in [5, 5.41) is 10.4. The van der Waals surface area contributed by atoms with E-state index in [-0.39, 0.29) is 16.9 Å². The monoisotopic (exact) mass is 360 g/mol. The van der Waals surface area contributed by atoms with Crippen LogP contribution in [0.2, 0.25) is 5.02 Å². The zero-order chi connectivity index (χ0) is 18.2. The van der Waals surface area contributed by atoms with Crippen LogP contribution in [-0.2, 0) is 11.2 Å². The molecule has 7 heteroatoms. The van der Waals surface area contributed by atoms with E-state index in [9.17, 15) is 14.7 Å². The third-order valence-corrected chi connectivity index (χ3v) is 4.25. The first kappa shape index (κ1) is 17.0. The summed E-state index contributed by atoms with van der Waals surface area (Å²) in [4.78, 5) is 26.9. The highest BCUT2D eigenvalue weighted by molar-refractivity contribution is 6.31. The van der Waals surface area contributed by atoms with Crippen LogP contribution in [0, 0.1) is 0 Å². The number of ketones is 1. The fraction of sp³-hybridized carbons (Fsp3) is 0.111. The lowest BCUT2D eigenvalue weighted by Crippen LogP contribution is -2.44. The minimum Gasteiger partial charge on any atom is -0.479 e. The van der Waals surface area contributed by atoms with Gasteiger partial charge >= 0.3 is 5.97 Å². The first-order valence-electron chi connectivity index (χ1n) is 7.40. The number of carbonyl (C=O) groups is 2. The van der Waals surface area contributed by atoms with Crippen LogP contribution in [0.3, 0.4) is 0 Å². The van der Waals surface area contributed by atoms with E-state index >= 15 is 4.39 Å². The molecular weight excluding hydrogens is 347 g/mol. The molecule has 1 aromatic heterocycles. The highest BCUT2D eigenvalue weighted by Gasteiger charge is 2.48. The molecule has 25 heavy (non-hydrogen) atoms. The Labute approximate surface area is 147 Å². The molecular formula is C18H14ClFN2O3. The number of rotatable bonds is 5. The molecule has 0 radical (unpaired) electrons. The van der Waals surface area contributed by atoms with E-state index < -0.39 is 23.8 Å². The first-order chi connectivity index (χ1) is 11.8. The van der Waals surface area contributed by atoms with Gasteiger partial charge in [-0.2, -0.15) is 0 Å². The average molecular weight is 361 g/mol. The van der Waals surface area contributed by atoms with Crippen molar-refractivity contribution in [3.05, 3.63) is 64.8 Å². The van der Waals surface area contributed by atoms with E-state index in [1.165, 1.54) is 18.2 Å². The summed E-state index contributed by atoms with van der Waals surface area (Å²) < 4.78 is 15.2. The summed E-state index contributed by atoms with van der Waals surface area (Å²) in [6.07, 6.45) is -0.663. The third-order valence-electron chi connectivity index (χ3n) is 4.02. The maximum atomic E-state index is 15.2. The molecule has 2 aromatic carbocycles. The van der Waals surface area contributed by atoms with E-state index in [1.54, 1.807) is 30.3 Å². The van der Waals surface area contributed by atoms with Crippen LogP contribution in [0.15, 0.2) is 48.5 Å². The molecule has 128 valence electrons. The molecule has 0 aliphatic heterocycles. The number of hydrogen-bond acceptors (Lipinski definition) is 3. The van der Waals surface area contributed by atoms with Crippen molar-refractivity contribution in [3.63, 3.8) is 0 Å². The number of nitrogens with one attached hydrogen (secondary N) is 1. The predicted octanol–water partition coefficient (Wildman–Crippen LogP) is 3.62. The van der Waals surface area contributed by atoms with Gasteiger partial charge in [0.2, 0.25) is 5.78 Å². The molecule has 0 spiro atoms. The summed E-state index contributed by atoms with van der Waals surface area (Å²) in [7, 11) is 0. The van der Waals surface area contributed by atoms with Gasteiger partial charge in [0.1, 0.15) is 0 Å². The Balaban J connectivity index is 2.02. The molecule has 4 N–H and O–H groups in total. The minimum absolute atomic E-state index is 0.142. The van der Waals surface area contributed by atoms with Crippen LogP contribution in [0.1, 0.15) is 16.1 Å². The smallest absolute Gasteiger partial charge is 0.350 e. The van der Waals surface area contributed by atoms with Gasteiger partial charge < -0.3 is 15.8 Å². The number of Topliss-reactive ketones (excluding diaryl/α,β-unsaturated/α-hetero) is 1. The van der Waals surface area contributed by atoms with Crippen molar-refractivity contribution in [2.75, 3.05) is 5.73 Å². The lowest BCUT2D eigenvalue weighted by molar-refractivity contribution is -0.147. The molecule has 3 aromatic rings. The Bertz CT molecular complexity index is 985. The zero-order valence-corrected chi connectivity index (χ0v) is 13.7. The molecule has 0 saturated heterocycles. The molecule has 1 heterocycles. The number of anilines is 1. The Morgan fingerprint density at radius 1 is 1.20 bits per heavy atom. The highest BCUT2D eigenvalue weighted by Crippen LogP contribution is 2.28. The maximum absolute atomic E-state index is 15.2. The zero-order valence-electron chi connectivity index (χ0n) is 12.9. The van der Waals surface area contributed by atoms with Crippen molar-refractivity contribution >= 4 is 39.9 Å². The van der Waals surface area contributed by atoms with Gasteiger partial charge in [-0.3, -0.25) is 4.79 Å². The fourth-order valence-corrected chi connectivity index (χ4v) is 2.83. The normalized spacial score (nSPS) is 13.5. The second kappa shape index (κ2) is 6.22. The third kappa shape index (κ3) is 3.08. The lowest BCUT2D eigenvalue weighted by atomic mass is 9.89. The summed E-state index contributed by atoms with van der Waals surface area (Å²) in [6, 6.07) is 12.5. The number of hydrogen-bond donors (Lipinski definition) is 3. The number of aromatic amines is 1. The number of aliphatic carboxylic acids is 1. The number of nitrogens with two attached hydrogens (primary N) is 1. The Morgan fingerprint density at radius 3 is 2.60 bits per heavy atom. The summed E-state index contributed by atoms with van der Waals surface area (Å²) in [6.45, 7) is 0. The molecule has 3 rings (SSSR count). The molecule has 0 aliphatic rings. The van der Waals surface area contributed by atoms with E-state index in [1.807, 2.05) is 0 Å². The molecule has 0 aliphatic carbocycles. The van der Waals surface area contributed by atoms with E-state index in [4.69, 9.17) is 17.3 Å². The Kier molecular flexibility index (Phi) is 4.22. The quantitative estimate of drug-likeness (QED) is 0.368. The summed E-state index contributed by atoms with van der Waals surface area (Å²) in [5.74, 6) is -3.03. The number of carboxylic acids is 1. The van der Waals surface area contributed by atoms with Gasteiger partial charge in [0.25, 0.3) is 5.67 Å². The number of aromatic nitrogens is 1. The van der Waals surface area contributed by atoms with Crippen LogP contribution in [0.5, 0.6) is 0 Å². The second-order valence-corrected chi connectivity index (χ2v) is 6.16. The number of halogens is 2. The number of carbonyl (C=O) groups excluding carboxylic acids is 1. The molecule has 1 unspecified atom stereocenters. The highest BCUT2D eigenvalue weighted by atomic mass is 35.5. The standard InChI is InChI=1S/C18H14ClFN2O3/c19-12-5-6-14-11(7-12)8-15(22-14)16(23)18(20,17(24)25)9-10-3-1-2-4-13(10)21/h1-8,22H,9,21H2,(H,24,25).